The van der Waals surface area contributed by atoms with Gasteiger partial charge in [0.05, 0.1) is 10.3 Å². The Bertz CT molecular complexity index is 783. The molecule has 0 bridgehead atoms. The van der Waals surface area contributed by atoms with Gasteiger partial charge >= 0.3 is 0 Å². The lowest BCUT2D eigenvalue weighted by molar-refractivity contribution is 0.408. The second kappa shape index (κ2) is 4.21. The molecule has 1 fully saturated rings. The first-order valence-corrected chi connectivity index (χ1v) is 8.47. The van der Waals surface area contributed by atoms with E-state index in [9.17, 15) is 8.42 Å². The van der Waals surface area contributed by atoms with Crippen LogP contribution in [0.25, 0.3) is 11.1 Å². The summed E-state index contributed by atoms with van der Waals surface area (Å²) < 4.78 is 30.8. The van der Waals surface area contributed by atoms with Gasteiger partial charge in [0.25, 0.3) is 0 Å². The van der Waals surface area contributed by atoms with Crippen molar-refractivity contribution in [3.05, 3.63) is 23.0 Å². The van der Waals surface area contributed by atoms with Crippen molar-refractivity contribution in [2.24, 2.45) is 0 Å². The number of halogens is 1. The van der Waals surface area contributed by atoms with Crippen LogP contribution in [0.4, 0.5) is 0 Å². The smallest absolute Gasteiger partial charge is 0.200 e. The molecule has 6 heteroatoms. The summed E-state index contributed by atoms with van der Waals surface area (Å²) >= 11 is 6.12. The third-order valence-corrected chi connectivity index (χ3v) is 6.10. The maximum absolute atomic E-state index is 12.5. The Hall–Kier alpha value is -1.07. The molecule has 0 saturated heterocycles. The van der Waals surface area contributed by atoms with Gasteiger partial charge in [-0.3, -0.25) is 0 Å². The zero-order chi connectivity index (χ0) is 14.7. The molecule has 2 aromatic rings. The van der Waals surface area contributed by atoms with Gasteiger partial charge < -0.3 is 4.42 Å². The minimum atomic E-state index is -3.42. The van der Waals surface area contributed by atoms with Crippen LogP contribution in [0.5, 0.6) is 0 Å². The lowest BCUT2D eigenvalue weighted by atomic mass is 9.97. The highest BCUT2D eigenvalue weighted by atomic mass is 35.5. The van der Waals surface area contributed by atoms with Gasteiger partial charge in [-0.15, -0.1) is 0 Å². The van der Waals surface area contributed by atoms with Crippen LogP contribution in [-0.2, 0) is 15.3 Å². The number of rotatable bonds is 2. The number of sulfone groups is 1. The maximum Gasteiger partial charge on any atom is 0.200 e. The lowest BCUT2D eigenvalue weighted by Crippen LogP contribution is -2.11. The zero-order valence-electron chi connectivity index (χ0n) is 11.6. The summed E-state index contributed by atoms with van der Waals surface area (Å²) in [6.07, 6.45) is 1.38. The largest absolute Gasteiger partial charge is 0.439 e. The highest BCUT2D eigenvalue weighted by Gasteiger charge is 2.40. The fraction of sp³-hybridized carbons (Fsp3) is 0.500. The molecule has 20 heavy (non-hydrogen) atoms. The van der Waals surface area contributed by atoms with E-state index in [4.69, 9.17) is 16.0 Å². The highest BCUT2D eigenvalue weighted by Crippen LogP contribution is 2.40. The fourth-order valence-corrected chi connectivity index (χ4v) is 4.38. The van der Waals surface area contributed by atoms with E-state index < -0.39 is 9.84 Å². The molecule has 1 aromatic heterocycles. The molecule has 0 spiro atoms. The predicted octanol–water partition coefficient (Wildman–Crippen LogP) is 3.71. The molecule has 1 aromatic carbocycles. The zero-order valence-corrected chi connectivity index (χ0v) is 13.2. The first kappa shape index (κ1) is 13.9. The number of aromatic nitrogens is 1. The molecule has 1 heterocycles. The Morgan fingerprint density at radius 1 is 1.30 bits per heavy atom. The number of benzene rings is 1. The standard InChI is InChI=1S/C14H16ClNO3S/c1-14(2,3)13-16-10-7-6-9(15)12(11(10)19-13)20(17,18)8-4-5-8/h6-8H,4-5H2,1-3H3. The molecule has 1 aliphatic rings. The van der Waals surface area contributed by atoms with Gasteiger partial charge in [-0.2, -0.15) is 0 Å². The molecule has 4 nitrogen and oxygen atoms in total. The quantitative estimate of drug-likeness (QED) is 0.848. The average Bonchev–Trinajstić information content (AvgIpc) is 3.08. The molecular weight excluding hydrogens is 298 g/mol. The van der Waals surface area contributed by atoms with Gasteiger partial charge in [0.15, 0.2) is 15.4 Å². The van der Waals surface area contributed by atoms with Crippen LogP contribution >= 0.6 is 11.6 Å². The summed E-state index contributed by atoms with van der Waals surface area (Å²) in [4.78, 5) is 4.49. The number of oxazole rings is 1. The van der Waals surface area contributed by atoms with Crippen LogP contribution in [0.3, 0.4) is 0 Å². The van der Waals surface area contributed by atoms with Gasteiger partial charge in [0, 0.05) is 5.41 Å². The molecule has 0 atom stereocenters. The van der Waals surface area contributed by atoms with Gasteiger partial charge in [-0.25, -0.2) is 13.4 Å². The Morgan fingerprint density at radius 3 is 2.50 bits per heavy atom. The van der Waals surface area contributed by atoms with E-state index >= 15 is 0 Å². The monoisotopic (exact) mass is 313 g/mol. The lowest BCUT2D eigenvalue weighted by Gasteiger charge is -2.11. The van der Waals surface area contributed by atoms with E-state index in [2.05, 4.69) is 4.98 Å². The summed E-state index contributed by atoms with van der Waals surface area (Å²) in [7, 11) is -3.42. The van der Waals surface area contributed by atoms with Gasteiger partial charge in [0.1, 0.15) is 10.4 Å². The van der Waals surface area contributed by atoms with E-state index in [1.165, 1.54) is 0 Å². The molecule has 1 aliphatic carbocycles. The normalized spacial score (nSPS) is 16.8. The molecule has 3 rings (SSSR count). The molecular formula is C14H16ClNO3S. The van der Waals surface area contributed by atoms with Crippen LogP contribution in [0, 0.1) is 0 Å². The van der Waals surface area contributed by atoms with Crippen molar-refractivity contribution < 1.29 is 12.8 Å². The minimum absolute atomic E-state index is 0.0992. The van der Waals surface area contributed by atoms with Crippen molar-refractivity contribution in [3.63, 3.8) is 0 Å². The Kier molecular flexibility index (Phi) is 2.93. The first-order valence-electron chi connectivity index (χ1n) is 6.54. The summed E-state index contributed by atoms with van der Waals surface area (Å²) in [5.41, 5.74) is 0.541. The number of nitrogens with zero attached hydrogens (tertiary/aromatic N) is 1. The van der Waals surface area contributed by atoms with Crippen molar-refractivity contribution in [1.29, 1.82) is 0 Å². The number of hydrogen-bond donors (Lipinski definition) is 0. The molecule has 0 unspecified atom stereocenters. The third-order valence-electron chi connectivity index (χ3n) is 3.35. The Balaban J connectivity index is 2.30. The van der Waals surface area contributed by atoms with Crippen LogP contribution in [0.2, 0.25) is 5.02 Å². The third kappa shape index (κ3) is 2.13. The number of hydrogen-bond acceptors (Lipinski definition) is 4. The maximum atomic E-state index is 12.5. The highest BCUT2D eigenvalue weighted by molar-refractivity contribution is 7.92. The van der Waals surface area contributed by atoms with E-state index in [1.54, 1.807) is 12.1 Å². The second-order valence-corrected chi connectivity index (χ2v) is 8.81. The number of fused-ring (bicyclic) bond motifs is 1. The van der Waals surface area contributed by atoms with Crippen LogP contribution in [-0.4, -0.2) is 18.7 Å². The van der Waals surface area contributed by atoms with E-state index in [1.807, 2.05) is 20.8 Å². The molecule has 108 valence electrons. The van der Waals surface area contributed by atoms with Crippen molar-refractivity contribution in [2.75, 3.05) is 0 Å². The second-order valence-electron chi connectivity index (χ2n) is 6.24. The minimum Gasteiger partial charge on any atom is -0.439 e. The van der Waals surface area contributed by atoms with Gasteiger partial charge in [-0.05, 0) is 25.0 Å². The van der Waals surface area contributed by atoms with Crippen LogP contribution in [0.15, 0.2) is 21.4 Å². The SMILES string of the molecule is CC(C)(C)c1nc2ccc(Cl)c(S(=O)(=O)C3CC3)c2o1. The van der Waals surface area contributed by atoms with Crippen molar-refractivity contribution in [1.82, 2.24) is 4.98 Å². The summed E-state index contributed by atoms with van der Waals surface area (Å²) in [5, 5.41) is -0.116. The average molecular weight is 314 g/mol. The van der Waals surface area contributed by atoms with E-state index in [-0.39, 0.29) is 26.2 Å². The van der Waals surface area contributed by atoms with Crippen LogP contribution < -0.4 is 0 Å². The molecule has 1 saturated carbocycles. The van der Waals surface area contributed by atoms with E-state index in [0.29, 0.717) is 24.2 Å². The molecule has 0 aliphatic heterocycles. The Labute approximate surface area is 123 Å². The molecule has 0 radical (unpaired) electrons. The van der Waals surface area contributed by atoms with Gasteiger partial charge in [-0.1, -0.05) is 32.4 Å². The van der Waals surface area contributed by atoms with Crippen LogP contribution in [0.1, 0.15) is 39.5 Å². The first-order chi connectivity index (χ1) is 9.21. The molecule has 0 amide bonds. The summed E-state index contributed by atoms with van der Waals surface area (Å²) in [6, 6.07) is 3.27. The van der Waals surface area contributed by atoms with Gasteiger partial charge in [0.2, 0.25) is 5.89 Å². The Morgan fingerprint density at radius 2 is 1.95 bits per heavy atom. The van der Waals surface area contributed by atoms with Crippen molar-refractivity contribution in [3.8, 4) is 0 Å². The van der Waals surface area contributed by atoms with Crippen molar-refractivity contribution in [2.45, 2.75) is 49.2 Å². The fourth-order valence-electron chi connectivity index (χ4n) is 2.07. The summed E-state index contributed by atoms with van der Waals surface area (Å²) in [6.45, 7) is 5.90. The topological polar surface area (TPSA) is 60.2 Å². The van der Waals surface area contributed by atoms with E-state index in [0.717, 1.165) is 0 Å². The molecule has 0 N–H and O–H groups in total. The summed E-state index contributed by atoms with van der Waals surface area (Å²) in [5.74, 6) is 0.516. The predicted molar refractivity (Wildman–Crippen MR) is 77.9 cm³/mol. The van der Waals surface area contributed by atoms with Crippen molar-refractivity contribution >= 4 is 32.5 Å².